The van der Waals surface area contributed by atoms with Gasteiger partial charge in [0.25, 0.3) is 0 Å². The van der Waals surface area contributed by atoms with Gasteiger partial charge in [-0.2, -0.15) is 0 Å². The molecule has 3 aliphatic rings. The molecule has 0 radical (unpaired) electrons. The smallest absolute Gasteiger partial charge is 0.153 e. The minimum Gasteiger partial charge on any atom is -0.379 e. The van der Waals surface area contributed by atoms with Crippen molar-refractivity contribution in [3.05, 3.63) is 24.3 Å². The highest BCUT2D eigenvalue weighted by atomic mass is 16.5. The fraction of sp³-hybridized carbons (Fsp3) is 0.706. The van der Waals surface area contributed by atoms with Crippen LogP contribution >= 0.6 is 0 Å². The second-order valence-electron chi connectivity index (χ2n) is 6.50. The van der Waals surface area contributed by atoms with Crippen LogP contribution in [0.25, 0.3) is 0 Å². The summed E-state index contributed by atoms with van der Waals surface area (Å²) >= 11 is 0. The van der Waals surface area contributed by atoms with E-state index < -0.39 is 0 Å². The topological polar surface area (TPSA) is 29.5 Å². The van der Waals surface area contributed by atoms with Crippen LogP contribution in [-0.2, 0) is 9.53 Å². The van der Waals surface area contributed by atoms with E-state index in [1.165, 1.54) is 0 Å². The average Bonchev–Trinajstić information content (AvgIpc) is 2.49. The van der Waals surface area contributed by atoms with E-state index in [1.807, 2.05) is 0 Å². The fourth-order valence-electron chi connectivity index (χ4n) is 4.29. The fourth-order valence-corrected chi connectivity index (χ4v) is 4.29. The van der Waals surface area contributed by atoms with Crippen molar-refractivity contribution in [1.29, 1.82) is 0 Å². The number of hydrogen-bond acceptors (Lipinski definition) is 3. The van der Waals surface area contributed by atoms with Gasteiger partial charge in [-0.25, -0.2) is 0 Å². The summed E-state index contributed by atoms with van der Waals surface area (Å²) in [6.07, 6.45) is 13.6. The normalized spacial score (nSPS) is 39.1. The van der Waals surface area contributed by atoms with Crippen LogP contribution in [0.1, 0.15) is 39.0 Å². The molecule has 3 rings (SSSR count). The zero-order valence-corrected chi connectivity index (χ0v) is 12.4. The lowest BCUT2D eigenvalue weighted by molar-refractivity contribution is -0.148. The van der Waals surface area contributed by atoms with Crippen molar-refractivity contribution in [2.45, 2.75) is 44.6 Å². The molecule has 3 heteroatoms. The first-order valence-electron chi connectivity index (χ1n) is 7.90. The highest BCUT2D eigenvalue weighted by Crippen LogP contribution is 2.49. The van der Waals surface area contributed by atoms with Crippen molar-refractivity contribution in [3.63, 3.8) is 0 Å². The average molecular weight is 275 g/mol. The summed E-state index contributed by atoms with van der Waals surface area (Å²) < 4.78 is 5.51. The van der Waals surface area contributed by atoms with Crippen molar-refractivity contribution in [2.24, 2.45) is 5.41 Å². The van der Waals surface area contributed by atoms with Gasteiger partial charge in [0, 0.05) is 24.9 Å². The number of carbonyl (C=O) groups excluding carboxylic acids is 1. The van der Waals surface area contributed by atoms with Crippen molar-refractivity contribution < 1.29 is 9.53 Å². The van der Waals surface area contributed by atoms with Gasteiger partial charge in [-0.3, -0.25) is 9.69 Å². The van der Waals surface area contributed by atoms with Gasteiger partial charge in [0.1, 0.15) is 0 Å². The van der Waals surface area contributed by atoms with Gasteiger partial charge in [-0.1, -0.05) is 37.6 Å². The molecule has 20 heavy (non-hydrogen) atoms. The largest absolute Gasteiger partial charge is 0.379 e. The van der Waals surface area contributed by atoms with Gasteiger partial charge in [-0.05, 0) is 19.3 Å². The third-order valence-corrected chi connectivity index (χ3v) is 5.40. The van der Waals surface area contributed by atoms with E-state index in [4.69, 9.17) is 4.74 Å². The van der Waals surface area contributed by atoms with Crippen LogP contribution in [0.5, 0.6) is 0 Å². The van der Waals surface area contributed by atoms with Gasteiger partial charge in [0.05, 0.1) is 18.8 Å². The number of hydrogen-bond donors (Lipinski definition) is 0. The molecule has 0 aromatic rings. The summed E-state index contributed by atoms with van der Waals surface area (Å²) in [4.78, 5) is 15.4. The van der Waals surface area contributed by atoms with Crippen LogP contribution in [0.15, 0.2) is 24.3 Å². The molecule has 1 unspecified atom stereocenters. The van der Waals surface area contributed by atoms with Crippen molar-refractivity contribution >= 4 is 5.78 Å². The molecule has 1 aliphatic heterocycles. The van der Waals surface area contributed by atoms with Gasteiger partial charge in [0.2, 0.25) is 0 Å². The number of Topliss-reactive ketones (excluding diaryl/α,β-unsaturated/α-hetero) is 1. The lowest BCUT2D eigenvalue weighted by Crippen LogP contribution is -2.66. The molecule has 0 bridgehead atoms. The van der Waals surface area contributed by atoms with Crippen LogP contribution in [0.3, 0.4) is 0 Å². The Morgan fingerprint density at radius 3 is 2.65 bits per heavy atom. The predicted octanol–water partition coefficient (Wildman–Crippen LogP) is 2.72. The number of ketones is 1. The summed E-state index contributed by atoms with van der Waals surface area (Å²) in [6.45, 7) is 5.55. The Balaban J connectivity index is 2.00. The molecule has 0 spiro atoms. The number of nitrogens with zero attached hydrogens (tertiary/aromatic N) is 1. The molecule has 0 N–H and O–H groups in total. The zero-order valence-electron chi connectivity index (χ0n) is 12.4. The first-order chi connectivity index (χ1) is 9.69. The summed E-state index contributed by atoms with van der Waals surface area (Å²) in [5.41, 5.74) is -0.382. The highest BCUT2D eigenvalue weighted by molar-refractivity contribution is 5.90. The molecule has 1 saturated heterocycles. The van der Waals surface area contributed by atoms with E-state index in [2.05, 4.69) is 36.1 Å². The van der Waals surface area contributed by atoms with Crippen LogP contribution in [0, 0.1) is 5.41 Å². The van der Waals surface area contributed by atoms with Gasteiger partial charge >= 0.3 is 0 Å². The zero-order chi connectivity index (χ0) is 14.1. The van der Waals surface area contributed by atoms with Crippen LogP contribution < -0.4 is 0 Å². The second-order valence-corrected chi connectivity index (χ2v) is 6.50. The van der Waals surface area contributed by atoms with E-state index in [1.54, 1.807) is 0 Å². The Labute approximate surface area is 121 Å². The van der Waals surface area contributed by atoms with Crippen LogP contribution in [-0.4, -0.2) is 42.5 Å². The molecule has 2 fully saturated rings. The highest BCUT2D eigenvalue weighted by Gasteiger charge is 2.55. The molecule has 1 heterocycles. The molecule has 1 saturated carbocycles. The summed E-state index contributed by atoms with van der Waals surface area (Å²) in [5.74, 6) is 0.452. The minimum absolute atomic E-state index is 0.0728. The predicted molar refractivity (Wildman–Crippen MR) is 79.6 cm³/mol. The Morgan fingerprint density at radius 1 is 1.20 bits per heavy atom. The maximum Gasteiger partial charge on any atom is 0.153 e. The van der Waals surface area contributed by atoms with Crippen LogP contribution in [0.2, 0.25) is 0 Å². The molecule has 0 aromatic heterocycles. The third kappa shape index (κ3) is 2.08. The summed E-state index contributed by atoms with van der Waals surface area (Å²) in [7, 11) is 0. The number of morpholine rings is 1. The number of rotatable bonds is 2. The minimum atomic E-state index is -0.309. The van der Waals surface area contributed by atoms with E-state index in [0.29, 0.717) is 5.78 Å². The standard InChI is InChI=1S/C17H25NO2/c1-16(8-4-2-5-9-16)17(10-6-3-7-15(17)19)18-11-13-20-14-12-18/h2,4-5,8H,3,6-7,9-14H2,1H3/t16?,17-/m1/s1. The van der Waals surface area contributed by atoms with Gasteiger partial charge < -0.3 is 4.74 Å². The molecular weight excluding hydrogens is 250 g/mol. The lowest BCUT2D eigenvalue weighted by Gasteiger charge is -2.55. The molecule has 3 nitrogen and oxygen atoms in total. The van der Waals surface area contributed by atoms with Crippen molar-refractivity contribution in [3.8, 4) is 0 Å². The Bertz CT molecular complexity index is 436. The van der Waals surface area contributed by atoms with Gasteiger partial charge in [-0.15, -0.1) is 0 Å². The Hall–Kier alpha value is -0.930. The Kier molecular flexibility index (Phi) is 3.83. The van der Waals surface area contributed by atoms with Crippen LogP contribution in [0.4, 0.5) is 0 Å². The summed E-state index contributed by atoms with van der Waals surface area (Å²) in [5, 5.41) is 0. The SMILES string of the molecule is CC1([C@@]2(N3CCOCC3)CCCCC2=O)C=CC=CC1. The third-order valence-electron chi connectivity index (χ3n) is 5.40. The Morgan fingerprint density at radius 2 is 2.00 bits per heavy atom. The van der Waals surface area contributed by atoms with E-state index in [0.717, 1.165) is 58.4 Å². The molecule has 0 amide bonds. The quantitative estimate of drug-likeness (QED) is 0.776. The van der Waals surface area contributed by atoms with Crippen molar-refractivity contribution in [2.75, 3.05) is 26.3 Å². The molecule has 2 aliphatic carbocycles. The first-order valence-corrected chi connectivity index (χ1v) is 7.90. The lowest BCUT2D eigenvalue weighted by atomic mass is 9.59. The second kappa shape index (κ2) is 5.45. The molecular formula is C17H25NO2. The first kappa shape index (κ1) is 14.0. The maximum absolute atomic E-state index is 13.0. The number of carbonyl (C=O) groups is 1. The van der Waals surface area contributed by atoms with E-state index in [9.17, 15) is 4.79 Å². The molecule has 110 valence electrons. The van der Waals surface area contributed by atoms with Gasteiger partial charge in [0.15, 0.2) is 5.78 Å². The monoisotopic (exact) mass is 275 g/mol. The van der Waals surface area contributed by atoms with E-state index >= 15 is 0 Å². The maximum atomic E-state index is 13.0. The molecule has 2 atom stereocenters. The number of ether oxygens (including phenoxy) is 1. The van der Waals surface area contributed by atoms with E-state index in [-0.39, 0.29) is 11.0 Å². The number of allylic oxidation sites excluding steroid dienone is 3. The van der Waals surface area contributed by atoms with Crippen molar-refractivity contribution in [1.82, 2.24) is 4.90 Å². The summed E-state index contributed by atoms with van der Waals surface area (Å²) in [6, 6.07) is 0. The molecule has 0 aromatic carbocycles.